The average molecular weight is 279 g/mol. The van der Waals surface area contributed by atoms with E-state index in [4.69, 9.17) is 0 Å². The molecule has 110 valence electrons. The third kappa shape index (κ3) is 4.20. The Balaban J connectivity index is 1.91. The molecule has 4 nitrogen and oxygen atoms in total. The summed E-state index contributed by atoms with van der Waals surface area (Å²) in [5, 5.41) is 6.08. The van der Waals surface area contributed by atoms with Crippen LogP contribution in [0.3, 0.4) is 0 Å². The molecular weight excluding hydrogens is 257 g/mol. The number of urea groups is 1. The largest absolute Gasteiger partial charge is 0.325 e. The maximum Gasteiger partial charge on any atom is 0.321 e. The highest BCUT2D eigenvalue weighted by atomic mass is 19.1. The fourth-order valence-electron chi connectivity index (χ4n) is 2.50. The number of nitrogens with zero attached hydrogens (tertiary/aromatic N) is 1. The van der Waals surface area contributed by atoms with Crippen LogP contribution in [-0.4, -0.2) is 37.1 Å². The molecule has 5 heteroatoms. The predicted octanol–water partition coefficient (Wildman–Crippen LogP) is 2.68. The summed E-state index contributed by atoms with van der Waals surface area (Å²) in [6, 6.07) is 5.82. The molecule has 2 rings (SSSR count). The Labute approximate surface area is 119 Å². The fraction of sp³-hybridized carbons (Fsp3) is 0.533. The van der Waals surface area contributed by atoms with Crippen LogP contribution in [0.15, 0.2) is 24.3 Å². The fourth-order valence-corrected chi connectivity index (χ4v) is 2.50. The summed E-state index contributed by atoms with van der Waals surface area (Å²) in [7, 11) is 0. The number of hydrogen-bond acceptors (Lipinski definition) is 2. The number of carbonyl (C=O) groups is 1. The Morgan fingerprint density at radius 3 is 2.85 bits per heavy atom. The van der Waals surface area contributed by atoms with Gasteiger partial charge in [-0.25, -0.2) is 9.18 Å². The summed E-state index contributed by atoms with van der Waals surface area (Å²) in [5.41, 5.74) is 0.499. The van der Waals surface area contributed by atoms with Crippen molar-refractivity contribution < 1.29 is 9.18 Å². The molecule has 1 heterocycles. The van der Waals surface area contributed by atoms with Gasteiger partial charge in [0, 0.05) is 18.8 Å². The zero-order valence-corrected chi connectivity index (χ0v) is 11.9. The van der Waals surface area contributed by atoms with Crippen LogP contribution in [-0.2, 0) is 0 Å². The van der Waals surface area contributed by atoms with Gasteiger partial charge >= 0.3 is 6.03 Å². The van der Waals surface area contributed by atoms with Gasteiger partial charge in [0.15, 0.2) is 0 Å². The van der Waals surface area contributed by atoms with E-state index in [2.05, 4.69) is 10.6 Å². The van der Waals surface area contributed by atoms with Gasteiger partial charge in [0.25, 0.3) is 0 Å². The van der Waals surface area contributed by atoms with Crippen molar-refractivity contribution in [2.24, 2.45) is 5.92 Å². The molecule has 0 atom stereocenters. The topological polar surface area (TPSA) is 44.4 Å². The Morgan fingerprint density at radius 1 is 1.45 bits per heavy atom. The minimum atomic E-state index is -0.343. The smallest absolute Gasteiger partial charge is 0.321 e. The molecule has 1 fully saturated rings. The van der Waals surface area contributed by atoms with Gasteiger partial charge in [-0.2, -0.15) is 0 Å². The van der Waals surface area contributed by atoms with Crippen LogP contribution < -0.4 is 10.6 Å². The first kappa shape index (κ1) is 14.8. The van der Waals surface area contributed by atoms with Crippen LogP contribution in [0.1, 0.15) is 19.8 Å². The van der Waals surface area contributed by atoms with Crippen molar-refractivity contribution in [2.45, 2.75) is 19.8 Å². The number of anilines is 1. The van der Waals surface area contributed by atoms with Crippen LogP contribution in [0.5, 0.6) is 0 Å². The SMILES string of the molecule is CCN(CC1CCNCC1)C(=O)Nc1cccc(F)c1. The first-order chi connectivity index (χ1) is 9.69. The highest BCUT2D eigenvalue weighted by Gasteiger charge is 2.19. The Bertz CT molecular complexity index is 446. The van der Waals surface area contributed by atoms with Gasteiger partial charge in [-0.05, 0) is 57.0 Å². The maximum atomic E-state index is 13.1. The van der Waals surface area contributed by atoms with E-state index in [0.29, 0.717) is 18.2 Å². The molecule has 1 saturated heterocycles. The summed E-state index contributed by atoms with van der Waals surface area (Å²) in [6.07, 6.45) is 2.20. The zero-order valence-electron chi connectivity index (χ0n) is 11.9. The molecule has 2 N–H and O–H groups in total. The van der Waals surface area contributed by atoms with Gasteiger partial charge in [-0.3, -0.25) is 0 Å². The number of benzene rings is 1. The molecule has 0 radical (unpaired) electrons. The van der Waals surface area contributed by atoms with E-state index in [1.807, 2.05) is 6.92 Å². The van der Waals surface area contributed by atoms with E-state index in [-0.39, 0.29) is 11.8 Å². The Morgan fingerprint density at radius 2 is 2.20 bits per heavy atom. The number of hydrogen-bond donors (Lipinski definition) is 2. The van der Waals surface area contributed by atoms with Gasteiger partial charge in [0.2, 0.25) is 0 Å². The number of piperidine rings is 1. The molecule has 0 unspecified atom stereocenters. The third-order valence-corrected chi connectivity index (χ3v) is 3.68. The summed E-state index contributed by atoms with van der Waals surface area (Å²) in [6.45, 7) is 5.43. The summed E-state index contributed by atoms with van der Waals surface area (Å²) < 4.78 is 13.1. The molecule has 0 aromatic heterocycles. The lowest BCUT2D eigenvalue weighted by Crippen LogP contribution is -2.41. The van der Waals surface area contributed by atoms with Crippen molar-refractivity contribution in [3.05, 3.63) is 30.1 Å². The molecule has 1 aliphatic heterocycles. The number of rotatable bonds is 4. The number of halogens is 1. The maximum absolute atomic E-state index is 13.1. The van der Waals surface area contributed by atoms with Crippen molar-refractivity contribution in [1.29, 1.82) is 0 Å². The van der Waals surface area contributed by atoms with E-state index in [1.165, 1.54) is 12.1 Å². The molecule has 20 heavy (non-hydrogen) atoms. The summed E-state index contributed by atoms with van der Waals surface area (Å²) in [5.74, 6) is 0.207. The van der Waals surface area contributed by atoms with Gasteiger partial charge in [-0.15, -0.1) is 0 Å². The zero-order chi connectivity index (χ0) is 14.4. The second-order valence-electron chi connectivity index (χ2n) is 5.17. The monoisotopic (exact) mass is 279 g/mol. The van der Waals surface area contributed by atoms with Crippen LogP contribution in [0.25, 0.3) is 0 Å². The average Bonchev–Trinajstić information content (AvgIpc) is 2.45. The molecule has 1 aliphatic rings. The molecule has 0 aliphatic carbocycles. The molecule has 0 bridgehead atoms. The van der Waals surface area contributed by atoms with Crippen molar-refractivity contribution in [2.75, 3.05) is 31.5 Å². The van der Waals surface area contributed by atoms with Gasteiger partial charge in [0.1, 0.15) is 5.82 Å². The summed E-state index contributed by atoms with van der Waals surface area (Å²) >= 11 is 0. The number of nitrogens with one attached hydrogen (secondary N) is 2. The molecular formula is C15H22FN3O. The first-order valence-electron chi connectivity index (χ1n) is 7.21. The van der Waals surface area contributed by atoms with Crippen LogP contribution >= 0.6 is 0 Å². The quantitative estimate of drug-likeness (QED) is 0.890. The second-order valence-corrected chi connectivity index (χ2v) is 5.17. The minimum Gasteiger partial charge on any atom is -0.325 e. The van der Waals surface area contributed by atoms with E-state index in [1.54, 1.807) is 17.0 Å². The molecule has 0 saturated carbocycles. The van der Waals surface area contributed by atoms with Crippen LogP contribution in [0, 0.1) is 11.7 Å². The van der Waals surface area contributed by atoms with E-state index >= 15 is 0 Å². The second kappa shape index (κ2) is 7.24. The highest BCUT2D eigenvalue weighted by Crippen LogP contribution is 2.15. The first-order valence-corrected chi connectivity index (χ1v) is 7.21. The van der Waals surface area contributed by atoms with Crippen molar-refractivity contribution in [3.8, 4) is 0 Å². The lowest BCUT2D eigenvalue weighted by Gasteiger charge is -2.29. The highest BCUT2D eigenvalue weighted by molar-refractivity contribution is 5.89. The third-order valence-electron chi connectivity index (χ3n) is 3.68. The van der Waals surface area contributed by atoms with E-state index in [9.17, 15) is 9.18 Å². The normalized spacial score (nSPS) is 15.9. The van der Waals surface area contributed by atoms with Crippen molar-refractivity contribution >= 4 is 11.7 Å². The van der Waals surface area contributed by atoms with Crippen molar-refractivity contribution in [1.82, 2.24) is 10.2 Å². The lowest BCUT2D eigenvalue weighted by atomic mass is 9.98. The van der Waals surface area contributed by atoms with E-state index in [0.717, 1.165) is 32.5 Å². The molecule has 2 amide bonds. The minimum absolute atomic E-state index is 0.156. The van der Waals surface area contributed by atoms with Crippen molar-refractivity contribution in [3.63, 3.8) is 0 Å². The van der Waals surface area contributed by atoms with E-state index < -0.39 is 0 Å². The Kier molecular flexibility index (Phi) is 5.35. The molecule has 0 spiro atoms. The van der Waals surface area contributed by atoms with Gasteiger partial charge < -0.3 is 15.5 Å². The predicted molar refractivity (Wildman–Crippen MR) is 78.3 cm³/mol. The van der Waals surface area contributed by atoms with Crippen LogP contribution in [0.2, 0.25) is 0 Å². The molecule has 1 aromatic rings. The van der Waals surface area contributed by atoms with Crippen LogP contribution in [0.4, 0.5) is 14.9 Å². The lowest BCUT2D eigenvalue weighted by molar-refractivity contribution is 0.196. The van der Waals surface area contributed by atoms with Gasteiger partial charge in [0.05, 0.1) is 0 Å². The van der Waals surface area contributed by atoms with Gasteiger partial charge in [-0.1, -0.05) is 6.07 Å². The Hall–Kier alpha value is -1.62. The summed E-state index contributed by atoms with van der Waals surface area (Å²) in [4.78, 5) is 14.0. The molecule has 1 aromatic carbocycles. The standard InChI is InChI=1S/C15H22FN3O/c1-2-19(11-12-6-8-17-9-7-12)15(20)18-14-5-3-4-13(16)10-14/h3-5,10,12,17H,2,6-9,11H2,1H3,(H,18,20). The number of carbonyl (C=O) groups excluding carboxylic acids is 1. The number of amides is 2.